The molecule has 0 aliphatic heterocycles. The van der Waals surface area contributed by atoms with E-state index in [2.05, 4.69) is 25.7 Å². The van der Waals surface area contributed by atoms with Crippen molar-refractivity contribution in [3.8, 4) is 0 Å². The van der Waals surface area contributed by atoms with Gasteiger partial charge in [-0.1, -0.05) is 39.0 Å². The van der Waals surface area contributed by atoms with Gasteiger partial charge in [-0.3, -0.25) is 0 Å². The Labute approximate surface area is 161 Å². The molecule has 1 aromatic heterocycles. The number of ether oxygens (including phenoxy) is 1. The first kappa shape index (κ1) is 21.0. The van der Waals surface area contributed by atoms with Crippen molar-refractivity contribution in [3.05, 3.63) is 40.2 Å². The van der Waals surface area contributed by atoms with Crippen LogP contribution >= 0.6 is 0 Å². The van der Waals surface area contributed by atoms with E-state index in [0.29, 0.717) is 12.2 Å². The maximum absolute atomic E-state index is 12.2. The van der Waals surface area contributed by atoms with E-state index in [-0.39, 0.29) is 5.56 Å². The summed E-state index contributed by atoms with van der Waals surface area (Å²) in [7, 11) is 0. The molecule has 0 saturated carbocycles. The van der Waals surface area contributed by atoms with Crippen molar-refractivity contribution in [2.45, 2.75) is 59.3 Å². The van der Waals surface area contributed by atoms with Crippen molar-refractivity contribution >= 4 is 22.6 Å². The van der Waals surface area contributed by atoms with Gasteiger partial charge in [0.05, 0.1) is 6.61 Å². The highest BCUT2D eigenvalue weighted by Gasteiger charge is 2.16. The monoisotopic (exact) mass is 373 g/mol. The summed E-state index contributed by atoms with van der Waals surface area (Å²) in [5, 5.41) is 0.719. The number of hydrogen-bond acceptors (Lipinski definition) is 5. The van der Waals surface area contributed by atoms with Crippen molar-refractivity contribution in [1.82, 2.24) is 0 Å². The lowest BCUT2D eigenvalue weighted by Gasteiger charge is -2.20. The van der Waals surface area contributed by atoms with Crippen LogP contribution in [-0.2, 0) is 4.74 Å². The van der Waals surface area contributed by atoms with Crippen LogP contribution in [0.15, 0.2) is 33.5 Å². The number of unbranched alkanes of at least 4 members (excludes halogenated alkanes) is 5. The summed E-state index contributed by atoms with van der Waals surface area (Å²) in [6.45, 7) is 8.41. The lowest BCUT2D eigenvalue weighted by Crippen LogP contribution is -2.21. The Morgan fingerprint density at radius 3 is 2.41 bits per heavy atom. The Morgan fingerprint density at radius 1 is 1.00 bits per heavy atom. The second kappa shape index (κ2) is 10.8. The van der Waals surface area contributed by atoms with E-state index in [1.54, 1.807) is 6.07 Å². The zero-order valence-electron chi connectivity index (χ0n) is 16.8. The molecule has 1 aromatic carbocycles. The minimum Gasteiger partial charge on any atom is -0.462 e. The van der Waals surface area contributed by atoms with Crippen LogP contribution in [0.3, 0.4) is 0 Å². The predicted octanol–water partition coefficient (Wildman–Crippen LogP) is 5.16. The van der Waals surface area contributed by atoms with Gasteiger partial charge >= 0.3 is 11.6 Å². The number of carbonyl (C=O) groups is 1. The van der Waals surface area contributed by atoms with Gasteiger partial charge in [0.25, 0.3) is 0 Å². The Balaban J connectivity index is 2.02. The molecule has 1 heterocycles. The van der Waals surface area contributed by atoms with Gasteiger partial charge in [-0.25, -0.2) is 9.59 Å². The van der Waals surface area contributed by atoms with Crippen LogP contribution in [0.5, 0.6) is 0 Å². The molecule has 0 amide bonds. The third-order valence-corrected chi connectivity index (χ3v) is 4.80. The molecule has 2 rings (SSSR count). The zero-order chi connectivity index (χ0) is 19.6. The van der Waals surface area contributed by atoms with Gasteiger partial charge in [-0.2, -0.15) is 0 Å². The van der Waals surface area contributed by atoms with Crippen molar-refractivity contribution in [3.63, 3.8) is 0 Å². The first-order valence-electron chi connectivity index (χ1n) is 10.1. The molecule has 0 N–H and O–H groups in total. The van der Waals surface area contributed by atoms with E-state index < -0.39 is 11.6 Å². The van der Waals surface area contributed by atoms with Gasteiger partial charge in [-0.15, -0.1) is 0 Å². The van der Waals surface area contributed by atoms with Crippen LogP contribution in [0.2, 0.25) is 0 Å². The number of esters is 1. The highest BCUT2D eigenvalue weighted by molar-refractivity contribution is 5.93. The number of anilines is 1. The molecule has 5 heteroatoms. The Kier molecular flexibility index (Phi) is 8.37. The molecular formula is C22H31NO4. The normalized spacial score (nSPS) is 10.9. The molecule has 0 unspecified atom stereocenters. The maximum Gasteiger partial charge on any atom is 0.351 e. The van der Waals surface area contributed by atoms with Gasteiger partial charge in [0.1, 0.15) is 11.1 Å². The van der Waals surface area contributed by atoms with Crippen LogP contribution in [0.1, 0.15) is 69.7 Å². The molecule has 0 aliphatic carbocycles. The number of nitrogens with zero attached hydrogens (tertiary/aromatic N) is 1. The fourth-order valence-corrected chi connectivity index (χ4v) is 3.15. The van der Waals surface area contributed by atoms with Gasteiger partial charge < -0.3 is 14.1 Å². The standard InChI is InChI=1S/C22H31NO4/c1-4-7-8-9-10-11-14-26-21(24)19-15-17-12-13-18(23(5-2)6-3)16-20(17)27-22(19)25/h12-13,15-16H,4-11,14H2,1-3H3. The smallest absolute Gasteiger partial charge is 0.351 e. The molecule has 0 atom stereocenters. The summed E-state index contributed by atoms with van der Waals surface area (Å²) < 4.78 is 10.6. The lowest BCUT2D eigenvalue weighted by molar-refractivity contribution is 0.0493. The lowest BCUT2D eigenvalue weighted by atomic mass is 10.1. The van der Waals surface area contributed by atoms with Crippen molar-refractivity contribution in [2.24, 2.45) is 0 Å². The second-order valence-corrected chi connectivity index (χ2v) is 6.75. The minimum absolute atomic E-state index is 0.0379. The molecule has 0 radical (unpaired) electrons. The number of benzene rings is 1. The molecule has 5 nitrogen and oxygen atoms in total. The van der Waals surface area contributed by atoms with Gasteiger partial charge in [0, 0.05) is 30.2 Å². The molecule has 0 bridgehead atoms. The van der Waals surface area contributed by atoms with Crippen LogP contribution in [0, 0.1) is 0 Å². The van der Waals surface area contributed by atoms with Gasteiger partial charge in [0.2, 0.25) is 0 Å². The van der Waals surface area contributed by atoms with E-state index in [1.165, 1.54) is 19.3 Å². The summed E-state index contributed by atoms with van der Waals surface area (Å²) in [5.74, 6) is -0.605. The summed E-state index contributed by atoms with van der Waals surface area (Å²) in [4.78, 5) is 26.6. The predicted molar refractivity (Wildman–Crippen MR) is 110 cm³/mol. The third-order valence-electron chi connectivity index (χ3n) is 4.80. The SMILES string of the molecule is CCCCCCCCOC(=O)c1cc2ccc(N(CC)CC)cc2oc1=O. The Morgan fingerprint density at radius 2 is 1.70 bits per heavy atom. The Bertz CT molecular complexity index is 792. The summed E-state index contributed by atoms with van der Waals surface area (Å²) in [5.41, 5.74) is 0.794. The second-order valence-electron chi connectivity index (χ2n) is 6.75. The molecular weight excluding hydrogens is 342 g/mol. The molecule has 0 fully saturated rings. The zero-order valence-corrected chi connectivity index (χ0v) is 16.8. The van der Waals surface area contributed by atoms with E-state index in [4.69, 9.17) is 9.15 Å². The molecule has 0 saturated heterocycles. The summed E-state index contributed by atoms with van der Waals surface area (Å²) >= 11 is 0. The fourth-order valence-electron chi connectivity index (χ4n) is 3.15. The van der Waals surface area contributed by atoms with Crippen LogP contribution in [0.4, 0.5) is 5.69 Å². The first-order valence-corrected chi connectivity index (χ1v) is 10.1. The van der Waals surface area contributed by atoms with E-state index >= 15 is 0 Å². The van der Waals surface area contributed by atoms with Crippen molar-refractivity contribution in [2.75, 3.05) is 24.6 Å². The topological polar surface area (TPSA) is 59.8 Å². The number of hydrogen-bond donors (Lipinski definition) is 0. The molecule has 27 heavy (non-hydrogen) atoms. The molecule has 0 spiro atoms. The summed E-state index contributed by atoms with van der Waals surface area (Å²) in [6, 6.07) is 7.25. The third kappa shape index (κ3) is 5.84. The largest absolute Gasteiger partial charge is 0.462 e. The Hall–Kier alpha value is -2.30. The molecule has 2 aromatic rings. The average Bonchev–Trinajstić information content (AvgIpc) is 2.67. The first-order chi connectivity index (χ1) is 13.1. The average molecular weight is 373 g/mol. The fraction of sp³-hybridized carbons (Fsp3) is 0.545. The van der Waals surface area contributed by atoms with Crippen LogP contribution < -0.4 is 10.5 Å². The van der Waals surface area contributed by atoms with Crippen LogP contribution in [0.25, 0.3) is 11.0 Å². The number of carbonyl (C=O) groups excluding carboxylic acids is 1. The molecule has 148 valence electrons. The van der Waals surface area contributed by atoms with E-state index in [9.17, 15) is 9.59 Å². The summed E-state index contributed by atoms with van der Waals surface area (Å²) in [6.07, 6.45) is 6.68. The quantitative estimate of drug-likeness (QED) is 0.309. The van der Waals surface area contributed by atoms with Crippen molar-refractivity contribution in [1.29, 1.82) is 0 Å². The highest BCUT2D eigenvalue weighted by atomic mass is 16.5. The maximum atomic E-state index is 12.2. The number of fused-ring (bicyclic) bond motifs is 1. The van der Waals surface area contributed by atoms with E-state index in [1.807, 2.05) is 18.2 Å². The van der Waals surface area contributed by atoms with Gasteiger partial charge in [-0.05, 0) is 38.5 Å². The number of rotatable bonds is 11. The molecule has 0 aliphatic rings. The van der Waals surface area contributed by atoms with Crippen molar-refractivity contribution < 1.29 is 13.9 Å². The van der Waals surface area contributed by atoms with E-state index in [0.717, 1.165) is 43.4 Å². The minimum atomic E-state index is -0.646. The van der Waals surface area contributed by atoms with Gasteiger partial charge in [0.15, 0.2) is 0 Å². The highest BCUT2D eigenvalue weighted by Crippen LogP contribution is 2.22. The van der Waals surface area contributed by atoms with Crippen LogP contribution in [-0.4, -0.2) is 25.7 Å².